The molecule has 0 aliphatic carbocycles. The molecule has 0 N–H and O–H groups in total. The van der Waals surface area contributed by atoms with Crippen LogP contribution < -0.4 is 9.47 Å². The molecule has 0 fully saturated rings. The van der Waals surface area contributed by atoms with Gasteiger partial charge in [0.25, 0.3) is 0 Å². The maximum absolute atomic E-state index is 6.59. The molecule has 0 amide bonds. The van der Waals surface area contributed by atoms with Gasteiger partial charge in [-0.2, -0.15) is 0 Å². The lowest BCUT2D eigenvalue weighted by Crippen LogP contribution is -2.19. The molecule has 0 heterocycles. The number of hydrogen-bond acceptors (Lipinski definition) is 2. The molecule has 0 saturated carbocycles. The van der Waals surface area contributed by atoms with E-state index in [0.717, 1.165) is 37.4 Å². The predicted octanol–water partition coefficient (Wildman–Crippen LogP) is 8.63. The summed E-state index contributed by atoms with van der Waals surface area (Å²) in [6, 6.07) is 23.7. The third-order valence-electron chi connectivity index (χ3n) is 6.15. The van der Waals surface area contributed by atoms with Crippen LogP contribution in [0.25, 0.3) is 0 Å². The van der Waals surface area contributed by atoms with Gasteiger partial charge in [-0.1, -0.05) is 109 Å². The van der Waals surface area contributed by atoms with Crippen molar-refractivity contribution in [2.45, 2.75) is 85.2 Å². The second-order valence-electron chi connectivity index (χ2n) is 11.3. The summed E-state index contributed by atoms with van der Waals surface area (Å²) in [5.41, 5.74) is 6.33. The highest BCUT2D eigenvalue weighted by molar-refractivity contribution is 5.51. The van der Waals surface area contributed by atoms with E-state index in [-0.39, 0.29) is 10.8 Å². The molecule has 0 bridgehead atoms. The molecule has 2 heteroatoms. The maximum Gasteiger partial charge on any atom is 0.127 e. The molecule has 34 heavy (non-hydrogen) atoms. The van der Waals surface area contributed by atoms with Crippen molar-refractivity contribution < 1.29 is 9.47 Å². The highest BCUT2D eigenvalue weighted by Gasteiger charge is 2.26. The summed E-state index contributed by atoms with van der Waals surface area (Å²) in [6.45, 7) is 17.2. The van der Waals surface area contributed by atoms with Crippen molar-refractivity contribution in [3.63, 3.8) is 0 Å². The van der Waals surface area contributed by atoms with E-state index in [1.165, 1.54) is 27.8 Å². The average Bonchev–Trinajstić information content (AvgIpc) is 2.78. The Balaban J connectivity index is 1.98. The summed E-state index contributed by atoms with van der Waals surface area (Å²) in [5, 5.41) is 0. The second-order valence-corrected chi connectivity index (χ2v) is 11.3. The Bertz CT molecular complexity index is 1040. The van der Waals surface area contributed by atoms with Gasteiger partial charge in [-0.05, 0) is 51.6 Å². The van der Waals surface area contributed by atoms with Gasteiger partial charge in [-0.25, -0.2) is 0 Å². The summed E-state index contributed by atoms with van der Waals surface area (Å²) in [7, 11) is 0. The highest BCUT2D eigenvalue weighted by Crippen LogP contribution is 2.40. The van der Waals surface area contributed by atoms with E-state index < -0.39 is 0 Å². The Kier molecular flexibility index (Phi) is 8.47. The molecule has 3 rings (SSSR count). The van der Waals surface area contributed by atoms with Crippen LogP contribution in [0.2, 0.25) is 0 Å². The fourth-order valence-electron chi connectivity index (χ4n) is 3.97. The van der Waals surface area contributed by atoms with E-state index in [9.17, 15) is 0 Å². The first-order valence-electron chi connectivity index (χ1n) is 12.6. The molecule has 2 nitrogen and oxygen atoms in total. The number of unbranched alkanes of at least 4 members (excludes halogenated alkanes) is 1. The zero-order chi connectivity index (χ0) is 24.8. The highest BCUT2D eigenvalue weighted by atomic mass is 16.5. The van der Waals surface area contributed by atoms with Crippen molar-refractivity contribution in [1.29, 1.82) is 0 Å². The van der Waals surface area contributed by atoms with Crippen LogP contribution in [0.1, 0.15) is 89.1 Å². The maximum atomic E-state index is 6.59. The summed E-state index contributed by atoms with van der Waals surface area (Å²) in [5.74, 6) is 1.96. The van der Waals surface area contributed by atoms with Gasteiger partial charge in [0.2, 0.25) is 0 Å². The third kappa shape index (κ3) is 7.13. The van der Waals surface area contributed by atoms with Crippen molar-refractivity contribution in [3.05, 3.63) is 94.5 Å². The molecule has 0 aliphatic heterocycles. The van der Waals surface area contributed by atoms with Gasteiger partial charge in [-0.3, -0.25) is 0 Å². The summed E-state index contributed by atoms with van der Waals surface area (Å²) in [4.78, 5) is 0. The lowest BCUT2D eigenvalue weighted by molar-refractivity contribution is 0.294. The first-order valence-corrected chi connectivity index (χ1v) is 12.6. The van der Waals surface area contributed by atoms with Gasteiger partial charge in [0.15, 0.2) is 0 Å². The van der Waals surface area contributed by atoms with Crippen LogP contribution >= 0.6 is 0 Å². The van der Waals surface area contributed by atoms with Gasteiger partial charge in [0.05, 0.1) is 6.61 Å². The Morgan fingerprint density at radius 2 is 1.38 bits per heavy atom. The largest absolute Gasteiger partial charge is 0.494 e. The molecule has 182 valence electrons. The van der Waals surface area contributed by atoms with Gasteiger partial charge >= 0.3 is 0 Å². The van der Waals surface area contributed by atoms with Gasteiger partial charge in [0.1, 0.15) is 18.1 Å². The van der Waals surface area contributed by atoms with Gasteiger partial charge in [-0.15, -0.1) is 0 Å². The van der Waals surface area contributed by atoms with E-state index in [1.54, 1.807) is 0 Å². The van der Waals surface area contributed by atoms with E-state index in [4.69, 9.17) is 9.47 Å². The minimum absolute atomic E-state index is 0.0288. The topological polar surface area (TPSA) is 18.5 Å². The standard InChI is InChI=1S/C32H42O2/c1-8-9-19-33-28-17-15-24(16-18-28)20-26-21-27(31(2,3)4)22-29(32(5,6)7)30(26)34-23-25-13-11-10-12-14-25/h10-18,21-22H,8-9,19-20,23H2,1-7H3. The van der Waals surface area contributed by atoms with Gasteiger partial charge < -0.3 is 9.47 Å². The van der Waals surface area contributed by atoms with Crippen LogP contribution in [0, 0.1) is 0 Å². The fraction of sp³-hybridized carbons (Fsp3) is 0.438. The number of ether oxygens (including phenoxy) is 2. The van der Waals surface area contributed by atoms with Crippen LogP contribution in [0.5, 0.6) is 11.5 Å². The fourth-order valence-corrected chi connectivity index (χ4v) is 3.97. The predicted molar refractivity (Wildman–Crippen MR) is 144 cm³/mol. The minimum Gasteiger partial charge on any atom is -0.494 e. The quantitative estimate of drug-likeness (QED) is 0.299. The molecular weight excluding hydrogens is 416 g/mol. The van der Waals surface area contributed by atoms with Crippen LogP contribution in [0.3, 0.4) is 0 Å². The zero-order valence-electron chi connectivity index (χ0n) is 22.2. The molecule has 0 spiro atoms. The van der Waals surface area contributed by atoms with Crippen molar-refractivity contribution in [2.24, 2.45) is 0 Å². The van der Waals surface area contributed by atoms with Crippen molar-refractivity contribution in [1.82, 2.24) is 0 Å². The average molecular weight is 459 g/mol. The molecule has 0 radical (unpaired) electrons. The van der Waals surface area contributed by atoms with E-state index in [0.29, 0.717) is 6.61 Å². The summed E-state index contributed by atoms with van der Waals surface area (Å²) < 4.78 is 12.5. The lowest BCUT2D eigenvalue weighted by atomic mass is 9.78. The monoisotopic (exact) mass is 458 g/mol. The second kappa shape index (κ2) is 11.1. The molecular formula is C32H42O2. The minimum atomic E-state index is -0.0288. The number of hydrogen-bond donors (Lipinski definition) is 0. The van der Waals surface area contributed by atoms with Crippen molar-refractivity contribution >= 4 is 0 Å². The molecule has 0 saturated heterocycles. The normalized spacial score (nSPS) is 12.0. The van der Waals surface area contributed by atoms with Crippen molar-refractivity contribution in [3.8, 4) is 11.5 Å². The van der Waals surface area contributed by atoms with Crippen LogP contribution in [-0.4, -0.2) is 6.61 Å². The smallest absolute Gasteiger partial charge is 0.127 e. The molecule has 0 atom stereocenters. The summed E-state index contributed by atoms with van der Waals surface area (Å²) >= 11 is 0. The molecule has 0 aromatic heterocycles. The Morgan fingerprint density at radius 3 is 1.97 bits per heavy atom. The first kappa shape index (κ1) is 25.9. The molecule has 3 aromatic carbocycles. The lowest BCUT2D eigenvalue weighted by Gasteiger charge is -2.29. The van der Waals surface area contributed by atoms with Crippen molar-refractivity contribution in [2.75, 3.05) is 6.61 Å². The zero-order valence-corrected chi connectivity index (χ0v) is 22.2. The number of rotatable bonds is 9. The molecule has 3 aromatic rings. The Labute approximate surface area is 207 Å². The van der Waals surface area contributed by atoms with E-state index in [1.807, 2.05) is 6.07 Å². The SMILES string of the molecule is CCCCOc1ccc(Cc2cc(C(C)(C)C)cc(C(C)(C)C)c2OCc2ccccc2)cc1. The van der Waals surface area contributed by atoms with Gasteiger partial charge in [0, 0.05) is 12.0 Å². The molecule has 0 aliphatic rings. The number of benzene rings is 3. The van der Waals surface area contributed by atoms with E-state index in [2.05, 4.69) is 109 Å². The Hall–Kier alpha value is -2.74. The third-order valence-corrected chi connectivity index (χ3v) is 6.15. The Morgan fingerprint density at radius 1 is 0.706 bits per heavy atom. The van der Waals surface area contributed by atoms with Crippen LogP contribution in [0.4, 0.5) is 0 Å². The molecule has 0 unspecified atom stereocenters. The van der Waals surface area contributed by atoms with E-state index >= 15 is 0 Å². The summed E-state index contributed by atoms with van der Waals surface area (Å²) in [6.07, 6.45) is 3.05. The van der Waals surface area contributed by atoms with Crippen LogP contribution in [-0.2, 0) is 23.9 Å². The first-order chi connectivity index (χ1) is 16.1. The van der Waals surface area contributed by atoms with Crippen LogP contribution in [0.15, 0.2) is 66.7 Å².